The number of ether oxygens (including phenoxy) is 1. The number of carboxylic acid groups (broad SMARTS) is 1. The van der Waals surface area contributed by atoms with Crippen molar-refractivity contribution in [1.82, 2.24) is 0 Å². The van der Waals surface area contributed by atoms with Crippen molar-refractivity contribution in [3.05, 3.63) is 29.8 Å². The van der Waals surface area contributed by atoms with Crippen molar-refractivity contribution >= 4 is 5.97 Å². The zero-order chi connectivity index (χ0) is 11.3. The van der Waals surface area contributed by atoms with Gasteiger partial charge < -0.3 is 9.84 Å². The SMILES string of the molecule is COc1ccccc1C(C)CCC(=O)O. The molecule has 0 aromatic heterocycles. The fourth-order valence-corrected chi connectivity index (χ4v) is 1.57. The maximum Gasteiger partial charge on any atom is 0.303 e. The average Bonchev–Trinajstić information content (AvgIpc) is 2.25. The minimum atomic E-state index is -0.753. The van der Waals surface area contributed by atoms with Crippen molar-refractivity contribution in [2.45, 2.75) is 25.7 Å². The van der Waals surface area contributed by atoms with Gasteiger partial charge in [0.15, 0.2) is 0 Å². The number of hydrogen-bond acceptors (Lipinski definition) is 2. The van der Waals surface area contributed by atoms with E-state index in [2.05, 4.69) is 0 Å². The van der Waals surface area contributed by atoms with Gasteiger partial charge >= 0.3 is 5.97 Å². The second-order valence-electron chi connectivity index (χ2n) is 3.58. The highest BCUT2D eigenvalue weighted by atomic mass is 16.5. The first-order valence-corrected chi connectivity index (χ1v) is 5.00. The molecule has 1 N–H and O–H groups in total. The summed E-state index contributed by atoms with van der Waals surface area (Å²) >= 11 is 0. The first-order chi connectivity index (χ1) is 7.15. The highest BCUT2D eigenvalue weighted by Gasteiger charge is 2.11. The molecule has 0 aliphatic carbocycles. The number of aliphatic carboxylic acids is 1. The molecule has 1 aromatic carbocycles. The first kappa shape index (κ1) is 11.6. The molecular formula is C12H16O3. The Bertz CT molecular complexity index is 333. The Morgan fingerprint density at radius 3 is 2.73 bits per heavy atom. The van der Waals surface area contributed by atoms with Crippen LogP contribution in [0, 0.1) is 0 Å². The molecule has 0 aliphatic rings. The predicted octanol–water partition coefficient (Wildman–Crippen LogP) is 2.66. The van der Waals surface area contributed by atoms with Crippen LogP contribution in [-0.4, -0.2) is 18.2 Å². The molecule has 0 spiro atoms. The van der Waals surface area contributed by atoms with Crippen LogP contribution in [0.4, 0.5) is 0 Å². The molecule has 1 atom stereocenters. The van der Waals surface area contributed by atoms with E-state index >= 15 is 0 Å². The Morgan fingerprint density at radius 2 is 2.13 bits per heavy atom. The minimum Gasteiger partial charge on any atom is -0.496 e. The van der Waals surface area contributed by atoms with Crippen molar-refractivity contribution < 1.29 is 14.6 Å². The molecule has 3 nitrogen and oxygen atoms in total. The van der Waals surface area contributed by atoms with Crippen LogP contribution in [0.25, 0.3) is 0 Å². The Balaban J connectivity index is 2.72. The summed E-state index contributed by atoms with van der Waals surface area (Å²) in [4.78, 5) is 10.5. The van der Waals surface area contributed by atoms with Gasteiger partial charge in [-0.3, -0.25) is 4.79 Å². The normalized spacial score (nSPS) is 12.1. The molecule has 3 heteroatoms. The maximum atomic E-state index is 10.5. The van der Waals surface area contributed by atoms with Crippen LogP contribution in [0.15, 0.2) is 24.3 Å². The number of para-hydroxylation sites is 1. The fourth-order valence-electron chi connectivity index (χ4n) is 1.57. The molecule has 82 valence electrons. The summed E-state index contributed by atoms with van der Waals surface area (Å²) in [5.74, 6) is 0.282. The second-order valence-corrected chi connectivity index (χ2v) is 3.58. The van der Waals surface area contributed by atoms with Gasteiger partial charge in [-0.1, -0.05) is 25.1 Å². The number of rotatable bonds is 5. The van der Waals surface area contributed by atoms with Gasteiger partial charge in [-0.05, 0) is 24.0 Å². The van der Waals surface area contributed by atoms with Crippen molar-refractivity contribution in [3.63, 3.8) is 0 Å². The third kappa shape index (κ3) is 3.27. The molecule has 0 fully saturated rings. The van der Waals surface area contributed by atoms with Gasteiger partial charge in [-0.25, -0.2) is 0 Å². The number of benzene rings is 1. The van der Waals surface area contributed by atoms with E-state index in [1.807, 2.05) is 31.2 Å². The van der Waals surface area contributed by atoms with Gasteiger partial charge in [0.25, 0.3) is 0 Å². The quantitative estimate of drug-likeness (QED) is 0.809. The lowest BCUT2D eigenvalue weighted by Gasteiger charge is -2.14. The Morgan fingerprint density at radius 1 is 1.47 bits per heavy atom. The zero-order valence-electron chi connectivity index (χ0n) is 9.06. The van der Waals surface area contributed by atoms with E-state index in [1.54, 1.807) is 7.11 Å². The van der Waals surface area contributed by atoms with Crippen LogP contribution in [-0.2, 0) is 4.79 Å². The molecule has 15 heavy (non-hydrogen) atoms. The van der Waals surface area contributed by atoms with E-state index in [4.69, 9.17) is 9.84 Å². The van der Waals surface area contributed by atoms with E-state index in [1.165, 1.54) is 0 Å². The minimum absolute atomic E-state index is 0.194. The number of hydrogen-bond donors (Lipinski definition) is 1. The third-order valence-electron chi connectivity index (χ3n) is 2.46. The zero-order valence-corrected chi connectivity index (χ0v) is 9.06. The van der Waals surface area contributed by atoms with E-state index in [9.17, 15) is 4.79 Å². The van der Waals surface area contributed by atoms with Crippen LogP contribution in [0.3, 0.4) is 0 Å². The molecule has 0 aliphatic heterocycles. The van der Waals surface area contributed by atoms with Crippen molar-refractivity contribution in [3.8, 4) is 5.75 Å². The van der Waals surface area contributed by atoms with E-state index < -0.39 is 5.97 Å². The summed E-state index contributed by atoms with van der Waals surface area (Å²) in [6.07, 6.45) is 0.828. The molecule has 1 unspecified atom stereocenters. The summed E-state index contributed by atoms with van der Waals surface area (Å²) < 4.78 is 5.23. The molecule has 0 bridgehead atoms. The van der Waals surface area contributed by atoms with Gasteiger partial charge in [0.1, 0.15) is 5.75 Å². The van der Waals surface area contributed by atoms with Crippen molar-refractivity contribution in [2.75, 3.05) is 7.11 Å². The Kier molecular flexibility index (Phi) is 4.16. The average molecular weight is 208 g/mol. The summed E-state index contributed by atoms with van der Waals surface area (Å²) in [5.41, 5.74) is 1.07. The molecule has 0 radical (unpaired) electrons. The number of methoxy groups -OCH3 is 1. The predicted molar refractivity (Wildman–Crippen MR) is 58.3 cm³/mol. The Hall–Kier alpha value is -1.51. The van der Waals surface area contributed by atoms with E-state index in [0.717, 1.165) is 11.3 Å². The third-order valence-corrected chi connectivity index (χ3v) is 2.46. The molecule has 0 heterocycles. The van der Waals surface area contributed by atoms with Crippen molar-refractivity contribution in [1.29, 1.82) is 0 Å². The van der Waals surface area contributed by atoms with Gasteiger partial charge in [0, 0.05) is 6.42 Å². The lowest BCUT2D eigenvalue weighted by atomic mass is 9.95. The Labute approximate surface area is 89.7 Å². The number of carbonyl (C=O) groups is 1. The summed E-state index contributed by atoms with van der Waals surface area (Å²) in [5, 5.41) is 8.60. The number of carboxylic acids is 1. The van der Waals surface area contributed by atoms with Crippen LogP contribution < -0.4 is 4.74 Å². The van der Waals surface area contributed by atoms with Gasteiger partial charge in [0.05, 0.1) is 7.11 Å². The van der Waals surface area contributed by atoms with E-state index in [0.29, 0.717) is 6.42 Å². The lowest BCUT2D eigenvalue weighted by Crippen LogP contribution is -2.01. The first-order valence-electron chi connectivity index (χ1n) is 5.00. The smallest absolute Gasteiger partial charge is 0.303 e. The largest absolute Gasteiger partial charge is 0.496 e. The van der Waals surface area contributed by atoms with E-state index in [-0.39, 0.29) is 12.3 Å². The highest BCUT2D eigenvalue weighted by Crippen LogP contribution is 2.28. The van der Waals surface area contributed by atoms with Crippen LogP contribution in [0.2, 0.25) is 0 Å². The summed E-state index contributed by atoms with van der Waals surface area (Å²) in [6.45, 7) is 2.01. The summed E-state index contributed by atoms with van der Waals surface area (Å²) in [7, 11) is 1.63. The highest BCUT2D eigenvalue weighted by molar-refractivity contribution is 5.66. The fraction of sp³-hybridized carbons (Fsp3) is 0.417. The summed E-state index contributed by atoms with van der Waals surface area (Å²) in [6, 6.07) is 7.72. The molecule has 0 amide bonds. The molecular weight excluding hydrogens is 192 g/mol. The standard InChI is InChI=1S/C12H16O3/c1-9(7-8-12(13)14)10-5-3-4-6-11(10)15-2/h3-6,9H,7-8H2,1-2H3,(H,13,14). The molecule has 0 saturated heterocycles. The monoisotopic (exact) mass is 208 g/mol. The molecule has 1 aromatic rings. The van der Waals surface area contributed by atoms with Gasteiger partial charge in [0.2, 0.25) is 0 Å². The lowest BCUT2D eigenvalue weighted by molar-refractivity contribution is -0.137. The molecule has 0 saturated carbocycles. The second kappa shape index (κ2) is 5.39. The maximum absolute atomic E-state index is 10.5. The van der Waals surface area contributed by atoms with Crippen LogP contribution in [0.1, 0.15) is 31.2 Å². The van der Waals surface area contributed by atoms with Crippen LogP contribution >= 0.6 is 0 Å². The van der Waals surface area contributed by atoms with Gasteiger partial charge in [-0.2, -0.15) is 0 Å². The van der Waals surface area contributed by atoms with Crippen LogP contribution in [0.5, 0.6) is 5.75 Å². The van der Waals surface area contributed by atoms with Crippen molar-refractivity contribution in [2.24, 2.45) is 0 Å². The molecule has 1 rings (SSSR count). The topological polar surface area (TPSA) is 46.5 Å². The van der Waals surface area contributed by atoms with Gasteiger partial charge in [-0.15, -0.1) is 0 Å².